The van der Waals surface area contributed by atoms with Crippen molar-refractivity contribution in [1.82, 2.24) is 47.2 Å². The Bertz CT molecular complexity index is 2350. The number of aliphatic carboxylic acids is 1. The molecule has 4 rings (SSSR count). The number of H-pyrrole nitrogens is 1. The van der Waals surface area contributed by atoms with Crippen LogP contribution in [0.4, 0.5) is 4.79 Å². The van der Waals surface area contributed by atoms with Crippen LogP contribution in [0.3, 0.4) is 0 Å². The molecule has 0 saturated carbocycles. The molecule has 7 atom stereocenters. The van der Waals surface area contributed by atoms with E-state index in [0.717, 1.165) is 22.3 Å². The molecule has 8 amide bonds. The normalized spacial score (nSPS) is 14.7. The van der Waals surface area contributed by atoms with Crippen LogP contribution in [0.25, 0.3) is 11.1 Å². The summed E-state index contributed by atoms with van der Waals surface area (Å²) in [6, 6.07) is 5.62. The van der Waals surface area contributed by atoms with Gasteiger partial charge in [-0.2, -0.15) is 0 Å². The van der Waals surface area contributed by atoms with E-state index in [1.165, 1.54) is 12.5 Å². The number of benzene rings is 2. The van der Waals surface area contributed by atoms with Crippen molar-refractivity contribution >= 4 is 53.4 Å². The number of hydrogen-bond donors (Lipinski definition) is 13. The van der Waals surface area contributed by atoms with Crippen molar-refractivity contribution in [2.75, 3.05) is 26.4 Å². The van der Waals surface area contributed by atoms with Gasteiger partial charge in [0.15, 0.2) is 0 Å². The number of fused-ring (bicyclic) bond motifs is 3. The smallest absolute Gasteiger partial charge is 0.407 e. The number of aromatic amines is 1. The van der Waals surface area contributed by atoms with Crippen LogP contribution in [0, 0.1) is 11.8 Å². The summed E-state index contributed by atoms with van der Waals surface area (Å²) in [4.78, 5) is 125. The lowest BCUT2D eigenvalue weighted by Crippen LogP contribution is -2.61. The number of ether oxygens (including phenoxy) is 1. The lowest BCUT2D eigenvalue weighted by Gasteiger charge is -2.28. The number of nitrogens with zero attached hydrogens (tertiary/aromatic N) is 1. The van der Waals surface area contributed by atoms with Crippen molar-refractivity contribution in [1.29, 1.82) is 0 Å². The van der Waals surface area contributed by atoms with Gasteiger partial charge in [-0.3, -0.25) is 33.6 Å². The Balaban J connectivity index is 1.47. The van der Waals surface area contributed by atoms with Crippen LogP contribution < -0.4 is 48.7 Å². The Hall–Kier alpha value is -7.44. The first-order valence-electron chi connectivity index (χ1n) is 24.6. The molecule has 0 aliphatic heterocycles. The molecule has 24 nitrogen and oxygen atoms in total. The minimum atomic E-state index is -1.73. The molecule has 15 N–H and O–H groups in total. The number of carboxylic acids is 1. The summed E-state index contributed by atoms with van der Waals surface area (Å²) in [5.41, 5.74) is 16.0. The summed E-state index contributed by atoms with van der Waals surface area (Å²) in [6.07, 6.45) is 1.86. The minimum Gasteiger partial charge on any atom is -0.480 e. The summed E-state index contributed by atoms with van der Waals surface area (Å²) >= 11 is 0. The molecule has 0 radical (unpaired) electrons. The van der Waals surface area contributed by atoms with Gasteiger partial charge in [-0.1, -0.05) is 76.2 Å². The number of hydrogen-bond acceptors (Lipinski definition) is 14. The highest BCUT2D eigenvalue weighted by atomic mass is 16.5. The van der Waals surface area contributed by atoms with E-state index in [9.17, 15) is 58.5 Å². The van der Waals surface area contributed by atoms with Crippen LogP contribution in [0.2, 0.25) is 0 Å². The van der Waals surface area contributed by atoms with E-state index in [-0.39, 0.29) is 82.3 Å². The maximum Gasteiger partial charge on any atom is 0.407 e. The zero-order valence-electron chi connectivity index (χ0n) is 42.1. The second kappa shape index (κ2) is 29.3. The van der Waals surface area contributed by atoms with Crippen LogP contribution in [0.1, 0.15) is 95.4 Å². The highest BCUT2D eigenvalue weighted by molar-refractivity contribution is 5.97. The third-order valence-electron chi connectivity index (χ3n) is 12.1. The summed E-state index contributed by atoms with van der Waals surface area (Å²) in [6.45, 7) is 5.24. The van der Waals surface area contributed by atoms with Crippen LogP contribution >= 0.6 is 0 Å². The largest absolute Gasteiger partial charge is 0.480 e. The minimum absolute atomic E-state index is 0.00725. The highest BCUT2D eigenvalue weighted by Crippen LogP contribution is 2.44. The Kier molecular flexibility index (Phi) is 23.4. The van der Waals surface area contributed by atoms with Crippen molar-refractivity contribution in [2.45, 2.75) is 127 Å². The van der Waals surface area contributed by atoms with Gasteiger partial charge in [0.1, 0.15) is 42.9 Å². The summed E-state index contributed by atoms with van der Waals surface area (Å²) in [7, 11) is 0. The molecule has 74 heavy (non-hydrogen) atoms. The van der Waals surface area contributed by atoms with Gasteiger partial charge in [0, 0.05) is 37.2 Å². The average molecular weight is 1030 g/mol. The van der Waals surface area contributed by atoms with E-state index in [1.54, 1.807) is 27.7 Å². The first kappa shape index (κ1) is 59.1. The maximum absolute atomic E-state index is 14.2. The first-order valence-corrected chi connectivity index (χ1v) is 24.6. The van der Waals surface area contributed by atoms with Gasteiger partial charge >= 0.3 is 12.1 Å². The second-order valence-electron chi connectivity index (χ2n) is 19.0. The lowest BCUT2D eigenvalue weighted by atomic mass is 9.98. The number of rotatable bonds is 31. The van der Waals surface area contributed by atoms with E-state index in [2.05, 4.69) is 47.2 Å². The fourth-order valence-corrected chi connectivity index (χ4v) is 8.29. The summed E-state index contributed by atoms with van der Waals surface area (Å²) in [5, 5.41) is 47.3. The molecule has 2 aromatic carbocycles. The van der Waals surface area contributed by atoms with E-state index in [1.807, 2.05) is 48.5 Å². The number of imidazole rings is 1. The predicted octanol–water partition coefficient (Wildman–Crippen LogP) is -0.676. The standard InChI is InChI=1S/C50H71N11O13/c1-27(2)19-38(46(68)57-37(16-17-42(52)64)45(67)59-39(49(71)72)20-28(3)4)58-44(66)36(56-47(69)41(24-63)61-48(70)40(23-62)60-43(65)35(51)21-29-22-53-26-55-29)15-9-10-18-54-50(73)74-25-34-32-13-7-5-11-30(32)31-12-6-8-14-33(31)34/h5-8,11-14,22,26-28,34-41,62-63H,9-10,15-21,23-25,51H2,1-4H3,(H2,52,64)(H,53,55)(H,54,73)(H,56,69)(H,57,68)(H,58,66)(H,59,67)(H,60,65)(H,61,70)(H,71,72)/t35-,36-,37-,38-,39-,40-,41-/m0/s1. The molecule has 0 spiro atoms. The van der Waals surface area contributed by atoms with E-state index in [4.69, 9.17) is 16.2 Å². The second-order valence-corrected chi connectivity index (χ2v) is 19.0. The highest BCUT2D eigenvalue weighted by Gasteiger charge is 2.35. The molecule has 0 unspecified atom stereocenters. The van der Waals surface area contributed by atoms with Gasteiger partial charge in [-0.25, -0.2) is 14.6 Å². The Morgan fingerprint density at radius 2 is 1.12 bits per heavy atom. The van der Waals surface area contributed by atoms with Gasteiger partial charge in [-0.15, -0.1) is 0 Å². The van der Waals surface area contributed by atoms with Gasteiger partial charge in [0.2, 0.25) is 41.4 Å². The third-order valence-corrected chi connectivity index (χ3v) is 12.1. The topological polar surface area (TPSA) is 388 Å². The van der Waals surface area contributed by atoms with E-state index < -0.39 is 109 Å². The van der Waals surface area contributed by atoms with Crippen LogP contribution in [-0.4, -0.2) is 147 Å². The number of nitrogens with one attached hydrogen (secondary N) is 8. The first-order chi connectivity index (χ1) is 35.2. The molecule has 1 aromatic heterocycles. The van der Waals surface area contributed by atoms with Crippen molar-refractivity contribution in [3.63, 3.8) is 0 Å². The van der Waals surface area contributed by atoms with E-state index in [0.29, 0.717) is 5.69 Å². The average Bonchev–Trinajstić information content (AvgIpc) is 3.99. The molecule has 1 aliphatic rings. The van der Waals surface area contributed by atoms with Crippen LogP contribution in [0.5, 0.6) is 0 Å². The molecule has 3 aromatic rings. The summed E-state index contributed by atoms with van der Waals surface area (Å²) in [5.74, 6) is -8.34. The van der Waals surface area contributed by atoms with Gasteiger partial charge in [0.25, 0.3) is 0 Å². The number of carboxylic acid groups (broad SMARTS) is 1. The molecule has 1 aliphatic carbocycles. The van der Waals surface area contributed by atoms with Gasteiger partial charge in [-0.05, 0) is 72.6 Å². The number of nitrogens with two attached hydrogens (primary N) is 2. The van der Waals surface area contributed by atoms with Crippen molar-refractivity contribution < 1.29 is 63.2 Å². The number of unbranched alkanes of at least 4 members (excludes halogenated alkanes) is 1. The quantitative estimate of drug-likeness (QED) is 0.0355. The molecular formula is C50H71N11O13. The van der Waals surface area contributed by atoms with Crippen molar-refractivity contribution in [3.8, 4) is 11.1 Å². The van der Waals surface area contributed by atoms with Crippen LogP contribution in [0.15, 0.2) is 61.1 Å². The Labute approximate surface area is 428 Å². The lowest BCUT2D eigenvalue weighted by molar-refractivity contribution is -0.143. The fraction of sp³-hybridized carbons (Fsp3) is 0.520. The maximum atomic E-state index is 14.2. The molecule has 404 valence electrons. The molecule has 24 heteroatoms. The molecule has 0 fully saturated rings. The van der Waals surface area contributed by atoms with Gasteiger partial charge in [0.05, 0.1) is 25.6 Å². The molecule has 0 saturated heterocycles. The van der Waals surface area contributed by atoms with Crippen molar-refractivity contribution in [2.24, 2.45) is 23.3 Å². The molecule has 0 bridgehead atoms. The molecular weight excluding hydrogens is 963 g/mol. The van der Waals surface area contributed by atoms with Crippen LogP contribution in [-0.2, 0) is 49.5 Å². The third kappa shape index (κ3) is 18.2. The number of aromatic nitrogens is 2. The number of alkyl carbamates (subject to hydrolysis) is 1. The number of aliphatic hydroxyl groups is 2. The van der Waals surface area contributed by atoms with Crippen molar-refractivity contribution in [3.05, 3.63) is 77.9 Å². The number of amides is 8. The Morgan fingerprint density at radius 3 is 1.64 bits per heavy atom. The fourth-order valence-electron chi connectivity index (χ4n) is 8.29. The van der Waals surface area contributed by atoms with E-state index >= 15 is 0 Å². The number of aliphatic hydroxyl groups excluding tert-OH is 2. The van der Waals surface area contributed by atoms with Gasteiger partial charge < -0.3 is 73.7 Å². The SMILES string of the molecule is CC(C)C[C@H](NC(=O)[C@H](CCC(N)=O)NC(=O)[C@H](CC(C)C)NC(=O)[C@H](CCCCNC(=O)OCC1c2ccccc2-c2ccccc21)NC(=O)[C@H](CO)NC(=O)[C@H](CO)NC(=O)[C@@H](N)Cc1cnc[nH]1)C(=O)O. The monoisotopic (exact) mass is 1030 g/mol. The zero-order chi connectivity index (χ0) is 54.5. The predicted molar refractivity (Wildman–Crippen MR) is 268 cm³/mol. The Morgan fingerprint density at radius 1 is 0.649 bits per heavy atom. The summed E-state index contributed by atoms with van der Waals surface area (Å²) < 4.78 is 5.63. The zero-order valence-corrected chi connectivity index (χ0v) is 42.1. The number of carbonyl (C=O) groups is 9. The number of carbonyl (C=O) groups excluding carboxylic acids is 8. The number of primary amides is 1. The molecule has 1 heterocycles.